The van der Waals surface area contributed by atoms with Gasteiger partial charge in [0, 0.05) is 43.4 Å². The number of fused-ring (bicyclic) bond motifs is 1. The summed E-state index contributed by atoms with van der Waals surface area (Å²) in [4.78, 5) is 28.1. The van der Waals surface area contributed by atoms with Crippen LogP contribution in [-0.2, 0) is 9.53 Å². The van der Waals surface area contributed by atoms with Crippen molar-refractivity contribution in [2.24, 2.45) is 0 Å². The van der Waals surface area contributed by atoms with Crippen LogP contribution in [0.2, 0.25) is 0 Å². The molecule has 2 aliphatic rings. The average molecular weight is 556 g/mol. The summed E-state index contributed by atoms with van der Waals surface area (Å²) >= 11 is 0. The number of carbonyl (C=O) groups excluding carboxylic acids is 1. The number of ketones is 1. The number of nitrogens with zero attached hydrogens (tertiary/aromatic N) is 4. The first-order valence-corrected chi connectivity index (χ1v) is 15.4. The van der Waals surface area contributed by atoms with Crippen molar-refractivity contribution >= 4 is 11.6 Å². The Labute approximate surface area is 245 Å². The third kappa shape index (κ3) is 7.03. The van der Waals surface area contributed by atoms with E-state index in [0.717, 1.165) is 86.6 Å². The van der Waals surface area contributed by atoms with Gasteiger partial charge in [0.2, 0.25) is 0 Å². The predicted molar refractivity (Wildman–Crippen MR) is 166 cm³/mol. The van der Waals surface area contributed by atoms with Crippen molar-refractivity contribution in [3.63, 3.8) is 0 Å². The molecule has 7 nitrogen and oxygen atoms in total. The number of hydrogen-bond acceptors (Lipinski definition) is 7. The van der Waals surface area contributed by atoms with Crippen LogP contribution in [0.3, 0.4) is 0 Å². The van der Waals surface area contributed by atoms with Crippen LogP contribution in [0.1, 0.15) is 58.8 Å². The summed E-state index contributed by atoms with van der Waals surface area (Å²) in [6.45, 7) is 8.93. The highest BCUT2D eigenvalue weighted by atomic mass is 16.5. The Morgan fingerprint density at radius 3 is 2.39 bits per heavy atom. The van der Waals surface area contributed by atoms with E-state index in [1.54, 1.807) is 0 Å². The molecule has 41 heavy (non-hydrogen) atoms. The van der Waals surface area contributed by atoms with Crippen LogP contribution in [0.15, 0.2) is 66.9 Å². The number of carbonyl (C=O) groups is 1. The largest absolute Gasteiger partial charge is 0.374 e. The first kappa shape index (κ1) is 29.4. The van der Waals surface area contributed by atoms with E-state index in [9.17, 15) is 4.79 Å². The van der Waals surface area contributed by atoms with Gasteiger partial charge in [0.25, 0.3) is 0 Å². The van der Waals surface area contributed by atoms with Crippen molar-refractivity contribution in [2.75, 3.05) is 44.3 Å². The van der Waals surface area contributed by atoms with E-state index in [1.165, 1.54) is 12.8 Å². The molecule has 1 aromatic heterocycles. The van der Waals surface area contributed by atoms with Crippen LogP contribution < -0.4 is 10.2 Å². The Bertz CT molecular complexity index is 1250. The normalized spacial score (nSPS) is 19.5. The van der Waals surface area contributed by atoms with Crippen molar-refractivity contribution in [2.45, 2.75) is 70.5 Å². The summed E-state index contributed by atoms with van der Waals surface area (Å²) in [6.07, 6.45) is 9.22. The van der Waals surface area contributed by atoms with Crippen molar-refractivity contribution < 1.29 is 9.53 Å². The number of Topliss-reactive ketones (excluding diaryl/α,β-unsaturated/α-hetero) is 1. The highest BCUT2D eigenvalue weighted by molar-refractivity contribution is 5.89. The lowest BCUT2D eigenvalue weighted by Crippen LogP contribution is -2.67. The molecule has 0 spiro atoms. The van der Waals surface area contributed by atoms with E-state index in [2.05, 4.69) is 53.2 Å². The summed E-state index contributed by atoms with van der Waals surface area (Å²) in [7, 11) is 0. The van der Waals surface area contributed by atoms with Crippen LogP contribution in [0.25, 0.3) is 22.5 Å². The number of hydrogen-bond donors (Lipinski definition) is 1. The fraction of sp³-hybridized carbons (Fsp3) is 0.500. The number of rotatable bonds is 12. The zero-order chi connectivity index (χ0) is 28.5. The standard InChI is InChI=1S/C34H45N5O2/c1-27(2)39(23-12-13-24-41-26-30(40)34-19-10-5-11-21-38(34)22-14-20-36-34)31-25-35-32(28-15-6-3-7-16-28)33(37-31)29-17-8-4-9-18-29/h3-4,6-9,15-18,25,27,36H,5,10-14,19-24,26H2,1-2H3. The lowest BCUT2D eigenvalue weighted by molar-refractivity contribution is -0.141. The van der Waals surface area contributed by atoms with E-state index in [1.807, 2.05) is 42.6 Å². The zero-order valence-electron chi connectivity index (χ0n) is 24.7. The first-order valence-electron chi connectivity index (χ1n) is 15.4. The molecule has 1 N–H and O–H groups in total. The fourth-order valence-electron chi connectivity index (χ4n) is 6.22. The molecule has 3 heterocycles. The SMILES string of the molecule is CC(C)N(CCCCOCC(=O)C12CCCCCN1CCCN2)c1cnc(-c2ccccc2)c(-c2ccccc2)n1. The molecule has 0 radical (unpaired) electrons. The summed E-state index contributed by atoms with van der Waals surface area (Å²) in [6, 6.07) is 20.8. The van der Waals surface area contributed by atoms with E-state index in [4.69, 9.17) is 14.7 Å². The van der Waals surface area contributed by atoms with Crippen LogP contribution in [0.5, 0.6) is 0 Å². The van der Waals surface area contributed by atoms with Gasteiger partial charge in [0.05, 0.1) is 17.6 Å². The van der Waals surface area contributed by atoms with Crippen LogP contribution in [0.4, 0.5) is 5.82 Å². The molecular weight excluding hydrogens is 510 g/mol. The van der Waals surface area contributed by atoms with Gasteiger partial charge in [0.1, 0.15) is 18.1 Å². The molecule has 2 aliphatic heterocycles. The number of nitrogens with one attached hydrogen (secondary N) is 1. The van der Waals surface area contributed by atoms with Gasteiger partial charge in [-0.05, 0) is 58.9 Å². The van der Waals surface area contributed by atoms with E-state index in [-0.39, 0.29) is 18.4 Å². The minimum atomic E-state index is -0.510. The Morgan fingerprint density at radius 2 is 1.66 bits per heavy atom. The molecular formula is C34H45N5O2. The van der Waals surface area contributed by atoms with E-state index in [0.29, 0.717) is 6.61 Å². The molecule has 5 rings (SSSR count). The van der Waals surface area contributed by atoms with Gasteiger partial charge in [-0.2, -0.15) is 0 Å². The van der Waals surface area contributed by atoms with Crippen molar-refractivity contribution in [1.29, 1.82) is 0 Å². The third-order valence-corrected chi connectivity index (χ3v) is 8.43. The monoisotopic (exact) mass is 555 g/mol. The van der Waals surface area contributed by atoms with Gasteiger partial charge in [-0.1, -0.05) is 67.1 Å². The van der Waals surface area contributed by atoms with Crippen LogP contribution >= 0.6 is 0 Å². The molecule has 2 fully saturated rings. The molecule has 0 aliphatic carbocycles. The smallest absolute Gasteiger partial charge is 0.193 e. The second-order valence-corrected chi connectivity index (χ2v) is 11.6. The Hall–Kier alpha value is -3.13. The maximum absolute atomic E-state index is 13.3. The van der Waals surface area contributed by atoms with Gasteiger partial charge < -0.3 is 9.64 Å². The molecule has 3 aromatic rings. The minimum Gasteiger partial charge on any atom is -0.374 e. The predicted octanol–water partition coefficient (Wildman–Crippen LogP) is 5.96. The van der Waals surface area contributed by atoms with Gasteiger partial charge in [-0.15, -0.1) is 0 Å². The summed E-state index contributed by atoms with van der Waals surface area (Å²) in [5.74, 6) is 1.08. The van der Waals surface area contributed by atoms with E-state index >= 15 is 0 Å². The number of benzene rings is 2. The molecule has 218 valence electrons. The van der Waals surface area contributed by atoms with Gasteiger partial charge in [0.15, 0.2) is 5.78 Å². The van der Waals surface area contributed by atoms with Gasteiger partial charge in [-0.25, -0.2) is 4.98 Å². The second-order valence-electron chi connectivity index (χ2n) is 11.6. The summed E-state index contributed by atoms with van der Waals surface area (Å²) in [5.41, 5.74) is 3.39. The number of anilines is 1. The lowest BCUT2D eigenvalue weighted by atomic mass is 9.94. The number of aromatic nitrogens is 2. The van der Waals surface area contributed by atoms with Crippen molar-refractivity contribution in [1.82, 2.24) is 20.2 Å². The average Bonchev–Trinajstić information content (AvgIpc) is 3.24. The maximum Gasteiger partial charge on any atom is 0.193 e. The molecule has 0 amide bonds. The minimum absolute atomic E-state index is 0.185. The highest BCUT2D eigenvalue weighted by Crippen LogP contribution is 2.31. The number of ether oxygens (including phenoxy) is 1. The lowest BCUT2D eigenvalue weighted by Gasteiger charge is -2.45. The molecule has 2 aromatic carbocycles. The topological polar surface area (TPSA) is 70.6 Å². The Morgan fingerprint density at radius 1 is 0.951 bits per heavy atom. The molecule has 7 heteroatoms. The van der Waals surface area contributed by atoms with Gasteiger partial charge in [-0.3, -0.25) is 20.0 Å². The third-order valence-electron chi connectivity index (χ3n) is 8.43. The molecule has 1 atom stereocenters. The Kier molecular flexibility index (Phi) is 10.1. The van der Waals surface area contributed by atoms with Crippen LogP contribution in [0, 0.1) is 0 Å². The summed E-state index contributed by atoms with van der Waals surface area (Å²) in [5, 5.41) is 3.58. The first-order chi connectivity index (χ1) is 20.1. The van der Waals surface area contributed by atoms with E-state index < -0.39 is 5.66 Å². The number of unbranched alkanes of at least 4 members (excludes halogenated alkanes) is 1. The highest BCUT2D eigenvalue weighted by Gasteiger charge is 2.45. The second kappa shape index (κ2) is 14.2. The summed E-state index contributed by atoms with van der Waals surface area (Å²) < 4.78 is 5.96. The van der Waals surface area contributed by atoms with Crippen LogP contribution in [-0.4, -0.2) is 71.7 Å². The van der Waals surface area contributed by atoms with Gasteiger partial charge >= 0.3 is 0 Å². The zero-order valence-corrected chi connectivity index (χ0v) is 24.7. The molecule has 0 bridgehead atoms. The van der Waals surface area contributed by atoms with Crippen molar-refractivity contribution in [3.05, 3.63) is 66.9 Å². The quantitative estimate of drug-likeness (QED) is 0.277. The maximum atomic E-state index is 13.3. The fourth-order valence-corrected chi connectivity index (χ4v) is 6.22. The molecule has 0 saturated carbocycles. The molecule has 2 saturated heterocycles. The Balaban J connectivity index is 1.19. The van der Waals surface area contributed by atoms with Crippen molar-refractivity contribution in [3.8, 4) is 22.5 Å². The molecule has 1 unspecified atom stereocenters.